The van der Waals surface area contributed by atoms with Crippen molar-refractivity contribution >= 4 is 5.78 Å². The van der Waals surface area contributed by atoms with E-state index in [1.807, 2.05) is 0 Å². The number of piperidine rings is 1. The molecule has 2 aromatic carbocycles. The predicted octanol–water partition coefficient (Wildman–Crippen LogP) is 2.88. The second-order valence-electron chi connectivity index (χ2n) is 7.16. The first-order valence-electron chi connectivity index (χ1n) is 8.79. The van der Waals surface area contributed by atoms with Crippen molar-refractivity contribution < 1.29 is 25.2 Å². The lowest BCUT2D eigenvalue weighted by Crippen LogP contribution is -2.50. The van der Waals surface area contributed by atoms with Crippen molar-refractivity contribution in [1.29, 1.82) is 0 Å². The van der Waals surface area contributed by atoms with E-state index in [1.165, 1.54) is 24.3 Å². The zero-order valence-electron chi connectivity index (χ0n) is 14.1. The number of rotatable bonds is 2. The molecule has 2 aromatic rings. The van der Waals surface area contributed by atoms with Gasteiger partial charge in [-0.25, -0.2) is 0 Å². The topological polar surface area (TPSA) is 110 Å². The minimum atomic E-state index is -0.286. The fourth-order valence-electron chi connectivity index (χ4n) is 4.33. The quantitative estimate of drug-likeness (QED) is 0.530. The van der Waals surface area contributed by atoms with Crippen LogP contribution in [0.15, 0.2) is 36.4 Å². The molecule has 0 amide bonds. The second-order valence-corrected chi connectivity index (χ2v) is 7.16. The normalized spacial score (nSPS) is 28.1. The van der Waals surface area contributed by atoms with Crippen molar-refractivity contribution in [3.05, 3.63) is 47.5 Å². The van der Waals surface area contributed by atoms with Crippen molar-refractivity contribution in [2.75, 3.05) is 0 Å². The number of Topliss-reactive ketones (excluding diaryl/α,β-unsaturated/α-hetero) is 1. The smallest absolute Gasteiger partial charge is 0.157 e. The summed E-state index contributed by atoms with van der Waals surface area (Å²) in [6.07, 6.45) is 2.49. The fraction of sp³-hybridized carbons (Fsp3) is 0.350. The Morgan fingerprint density at radius 1 is 0.731 bits per heavy atom. The van der Waals surface area contributed by atoms with Gasteiger partial charge in [0.15, 0.2) is 23.0 Å². The Hall–Kier alpha value is -2.73. The van der Waals surface area contributed by atoms with Crippen LogP contribution >= 0.6 is 0 Å². The summed E-state index contributed by atoms with van der Waals surface area (Å²) in [5.74, 6) is -0.999. The molecule has 2 unspecified atom stereocenters. The van der Waals surface area contributed by atoms with E-state index in [0.717, 1.165) is 30.4 Å². The van der Waals surface area contributed by atoms with Crippen molar-refractivity contribution in [3.63, 3.8) is 0 Å². The number of hydrogen-bond acceptors (Lipinski definition) is 6. The second kappa shape index (κ2) is 6.21. The zero-order chi connectivity index (χ0) is 18.4. The molecule has 2 bridgehead atoms. The summed E-state index contributed by atoms with van der Waals surface area (Å²) in [6.45, 7) is 0. The van der Waals surface area contributed by atoms with Crippen molar-refractivity contribution in [1.82, 2.24) is 5.32 Å². The number of carbonyl (C=O) groups excluding carboxylic acids is 1. The first kappa shape index (κ1) is 16.7. The Kier molecular flexibility index (Phi) is 4.00. The van der Waals surface area contributed by atoms with Crippen LogP contribution in [0.25, 0.3) is 0 Å². The van der Waals surface area contributed by atoms with Gasteiger partial charge in [0.1, 0.15) is 5.78 Å². The number of hydrogen-bond donors (Lipinski definition) is 5. The Balaban J connectivity index is 1.74. The van der Waals surface area contributed by atoms with E-state index in [2.05, 4.69) is 5.32 Å². The van der Waals surface area contributed by atoms with Crippen LogP contribution in [-0.4, -0.2) is 26.2 Å². The maximum absolute atomic E-state index is 13.0. The van der Waals surface area contributed by atoms with Gasteiger partial charge < -0.3 is 25.7 Å². The van der Waals surface area contributed by atoms with Crippen LogP contribution in [0.3, 0.4) is 0 Å². The van der Waals surface area contributed by atoms with E-state index >= 15 is 0 Å². The molecule has 4 atom stereocenters. The van der Waals surface area contributed by atoms with Gasteiger partial charge in [0.25, 0.3) is 0 Å². The molecule has 26 heavy (non-hydrogen) atoms. The van der Waals surface area contributed by atoms with Gasteiger partial charge in [-0.05, 0) is 48.2 Å². The van der Waals surface area contributed by atoms with Crippen molar-refractivity contribution in [3.8, 4) is 23.0 Å². The molecule has 1 heterocycles. The summed E-state index contributed by atoms with van der Waals surface area (Å²) >= 11 is 0. The van der Waals surface area contributed by atoms with Gasteiger partial charge in [0, 0.05) is 23.9 Å². The molecule has 2 fully saturated rings. The van der Waals surface area contributed by atoms with Crippen molar-refractivity contribution in [2.45, 2.75) is 31.3 Å². The van der Waals surface area contributed by atoms with Gasteiger partial charge in [-0.3, -0.25) is 4.79 Å². The van der Waals surface area contributed by atoms with Crippen LogP contribution in [0.2, 0.25) is 0 Å². The molecular weight excluding hydrogens is 334 g/mol. The van der Waals surface area contributed by atoms with Crippen LogP contribution < -0.4 is 5.32 Å². The van der Waals surface area contributed by atoms with Crippen LogP contribution in [0.4, 0.5) is 0 Å². The number of phenolic OH excluding ortho intramolecular Hbond substituents is 4. The highest BCUT2D eigenvalue weighted by Crippen LogP contribution is 2.47. The Bertz CT molecular complexity index is 798. The van der Waals surface area contributed by atoms with Crippen LogP contribution in [0, 0.1) is 11.8 Å². The fourth-order valence-corrected chi connectivity index (χ4v) is 4.33. The van der Waals surface area contributed by atoms with E-state index in [1.54, 1.807) is 12.1 Å². The average molecular weight is 355 g/mol. The lowest BCUT2D eigenvalue weighted by molar-refractivity contribution is -0.135. The molecule has 4 rings (SSSR count). The molecule has 5 N–H and O–H groups in total. The van der Waals surface area contributed by atoms with E-state index in [-0.39, 0.29) is 52.7 Å². The number of ketones is 1. The lowest BCUT2D eigenvalue weighted by Gasteiger charge is -2.45. The number of nitrogens with one attached hydrogen (secondary N) is 1. The largest absolute Gasteiger partial charge is 0.504 e. The third-order valence-electron chi connectivity index (χ3n) is 5.64. The summed E-state index contributed by atoms with van der Waals surface area (Å²) in [6, 6.07) is 8.67. The molecule has 1 saturated heterocycles. The molecule has 2 aliphatic rings. The highest BCUT2D eigenvalue weighted by molar-refractivity contribution is 5.87. The van der Waals surface area contributed by atoms with E-state index < -0.39 is 0 Å². The predicted molar refractivity (Wildman–Crippen MR) is 94.0 cm³/mol. The standard InChI is InChI=1S/C20H21NO5/c22-14-6-4-10(8-16(14)24)18-12-2-1-3-13(20(12)26)19(21-18)11-5-7-15(23)17(25)9-11/h4-9,12-13,18-19,21-25H,1-3H2/t12-,13+,18?,19?. The minimum absolute atomic E-state index is 0.181. The highest BCUT2D eigenvalue weighted by Gasteiger charge is 2.46. The summed E-state index contributed by atoms with van der Waals surface area (Å²) < 4.78 is 0. The van der Waals surface area contributed by atoms with Gasteiger partial charge in [0.2, 0.25) is 0 Å². The maximum atomic E-state index is 13.0. The zero-order valence-corrected chi connectivity index (χ0v) is 14.1. The van der Waals surface area contributed by atoms with Gasteiger partial charge >= 0.3 is 0 Å². The lowest BCUT2D eigenvalue weighted by atomic mass is 9.67. The number of benzene rings is 2. The number of fused-ring (bicyclic) bond motifs is 2. The summed E-state index contributed by atoms with van der Waals surface area (Å²) in [5, 5.41) is 42.3. The van der Waals surface area contributed by atoms with E-state index in [0.29, 0.717) is 0 Å². The first-order valence-corrected chi connectivity index (χ1v) is 8.79. The summed E-state index contributed by atoms with van der Waals surface area (Å²) in [5.41, 5.74) is 1.49. The first-order chi connectivity index (χ1) is 12.5. The molecule has 6 nitrogen and oxygen atoms in total. The molecule has 0 radical (unpaired) electrons. The van der Waals surface area contributed by atoms with Gasteiger partial charge in [0.05, 0.1) is 0 Å². The average Bonchev–Trinajstić information content (AvgIpc) is 2.60. The van der Waals surface area contributed by atoms with Gasteiger partial charge in [-0.2, -0.15) is 0 Å². The van der Waals surface area contributed by atoms with E-state index in [9.17, 15) is 25.2 Å². The van der Waals surface area contributed by atoms with Crippen molar-refractivity contribution in [2.24, 2.45) is 11.8 Å². The minimum Gasteiger partial charge on any atom is -0.504 e. The van der Waals surface area contributed by atoms with Crippen LogP contribution in [0.1, 0.15) is 42.5 Å². The molecule has 1 aliphatic carbocycles. The molecule has 0 aromatic heterocycles. The number of phenols is 4. The van der Waals surface area contributed by atoms with E-state index in [4.69, 9.17) is 0 Å². The maximum Gasteiger partial charge on any atom is 0.157 e. The molecule has 1 saturated carbocycles. The SMILES string of the molecule is O=C1[C@H]2CCC[C@@H]1C(c1ccc(O)c(O)c1)NC2c1ccc(O)c(O)c1. The van der Waals surface area contributed by atoms with Gasteiger partial charge in [-0.1, -0.05) is 18.6 Å². The molecule has 6 heteroatoms. The van der Waals surface area contributed by atoms with Gasteiger partial charge in [-0.15, -0.1) is 0 Å². The number of aromatic hydroxyl groups is 4. The molecular formula is C20H21NO5. The summed E-state index contributed by atoms with van der Waals surface area (Å²) in [7, 11) is 0. The number of carbonyl (C=O) groups is 1. The summed E-state index contributed by atoms with van der Waals surface area (Å²) in [4.78, 5) is 13.0. The highest BCUT2D eigenvalue weighted by atomic mass is 16.3. The third kappa shape index (κ3) is 2.66. The van der Waals surface area contributed by atoms with Crippen LogP contribution in [-0.2, 0) is 4.79 Å². The third-order valence-corrected chi connectivity index (χ3v) is 5.64. The Morgan fingerprint density at radius 3 is 1.62 bits per heavy atom. The van der Waals surface area contributed by atoms with Crippen LogP contribution in [0.5, 0.6) is 23.0 Å². The molecule has 136 valence electrons. The monoisotopic (exact) mass is 355 g/mol. The molecule has 1 aliphatic heterocycles. The molecule has 0 spiro atoms. The Morgan fingerprint density at radius 2 is 1.19 bits per heavy atom. The Labute approximate surface area is 150 Å².